The number of carboxylic acids is 1. The summed E-state index contributed by atoms with van der Waals surface area (Å²) in [4.78, 5) is 11.7. The van der Waals surface area contributed by atoms with E-state index >= 15 is 0 Å². The van der Waals surface area contributed by atoms with Crippen LogP contribution >= 0.6 is 0 Å². The van der Waals surface area contributed by atoms with E-state index in [1.165, 1.54) is 32.1 Å². The van der Waals surface area contributed by atoms with Gasteiger partial charge in [0, 0.05) is 5.57 Å². The highest BCUT2D eigenvalue weighted by Crippen LogP contribution is 2.44. The minimum absolute atomic E-state index is 0.264. The maximum atomic E-state index is 11.7. The molecule has 2 bridgehead atoms. The van der Waals surface area contributed by atoms with Gasteiger partial charge >= 0.3 is 5.97 Å². The Labute approximate surface area is 156 Å². The zero-order chi connectivity index (χ0) is 19.1. The summed E-state index contributed by atoms with van der Waals surface area (Å²) in [5.74, 6) is 0.486. The van der Waals surface area contributed by atoms with Crippen molar-refractivity contribution in [2.45, 2.75) is 77.4 Å². The third-order valence-electron chi connectivity index (χ3n) is 5.22. The van der Waals surface area contributed by atoms with Gasteiger partial charge in [0.25, 0.3) is 0 Å². The lowest BCUT2D eigenvalue weighted by Crippen LogP contribution is -2.16. The molecule has 0 spiro atoms. The number of carboxylic acid groups (broad SMARTS) is 1. The predicted molar refractivity (Wildman–Crippen MR) is 101 cm³/mol. The molecule has 26 heavy (non-hydrogen) atoms. The van der Waals surface area contributed by atoms with Crippen LogP contribution in [0.25, 0.3) is 0 Å². The van der Waals surface area contributed by atoms with E-state index in [1.807, 2.05) is 6.92 Å². The van der Waals surface area contributed by atoms with Gasteiger partial charge in [-0.05, 0) is 37.0 Å². The lowest BCUT2D eigenvalue weighted by atomic mass is 9.92. The van der Waals surface area contributed by atoms with Crippen LogP contribution in [0.4, 0.5) is 0 Å². The standard InChI is InChI=1S/C21H32O5/c1-5-6-7-8-9-10-11-12-15(21(22)23)13-16-14(2)17-19(24-3)20(25-4)18(16)26-17/h13,17-18H,5-12H2,1-4H3,(H,22,23). The Kier molecular flexibility index (Phi) is 7.76. The number of fused-ring (bicyclic) bond motifs is 2. The van der Waals surface area contributed by atoms with Gasteiger partial charge in [0.05, 0.1) is 14.2 Å². The Morgan fingerprint density at radius 1 is 1.04 bits per heavy atom. The van der Waals surface area contributed by atoms with Crippen molar-refractivity contribution < 1.29 is 24.1 Å². The van der Waals surface area contributed by atoms with Crippen LogP contribution in [0, 0.1) is 0 Å². The van der Waals surface area contributed by atoms with E-state index in [0.29, 0.717) is 23.5 Å². The third-order valence-corrected chi connectivity index (χ3v) is 5.22. The topological polar surface area (TPSA) is 65.0 Å². The maximum Gasteiger partial charge on any atom is 0.331 e. The Bertz CT molecular complexity index is 600. The number of aliphatic carboxylic acids is 1. The van der Waals surface area contributed by atoms with Crippen LogP contribution in [-0.2, 0) is 19.0 Å². The van der Waals surface area contributed by atoms with Gasteiger partial charge in [-0.2, -0.15) is 0 Å². The molecule has 5 heteroatoms. The predicted octanol–water partition coefficient (Wildman–Crippen LogP) is 4.74. The van der Waals surface area contributed by atoms with Crippen LogP contribution in [-0.4, -0.2) is 37.5 Å². The average Bonchev–Trinajstić information content (AvgIpc) is 3.14. The molecule has 5 nitrogen and oxygen atoms in total. The number of ether oxygens (including phenoxy) is 3. The number of carbonyl (C=O) groups is 1. The van der Waals surface area contributed by atoms with Gasteiger partial charge in [-0.15, -0.1) is 0 Å². The zero-order valence-corrected chi connectivity index (χ0v) is 16.5. The third kappa shape index (κ3) is 4.50. The molecular weight excluding hydrogens is 332 g/mol. The molecule has 0 aromatic carbocycles. The summed E-state index contributed by atoms with van der Waals surface area (Å²) < 4.78 is 16.8. The van der Waals surface area contributed by atoms with Crippen molar-refractivity contribution in [3.63, 3.8) is 0 Å². The minimum atomic E-state index is -0.853. The first kappa shape index (κ1) is 20.6. The number of methoxy groups -OCH3 is 2. The number of unbranched alkanes of at least 4 members (excludes halogenated alkanes) is 6. The molecule has 146 valence electrons. The lowest BCUT2D eigenvalue weighted by Gasteiger charge is -2.18. The van der Waals surface area contributed by atoms with Crippen molar-refractivity contribution in [1.82, 2.24) is 0 Å². The highest BCUT2D eigenvalue weighted by Gasteiger charge is 2.46. The Morgan fingerprint density at radius 2 is 1.62 bits per heavy atom. The van der Waals surface area contributed by atoms with Crippen LogP contribution in [0.5, 0.6) is 0 Å². The fourth-order valence-corrected chi connectivity index (χ4v) is 3.70. The van der Waals surface area contributed by atoms with Gasteiger partial charge in [0.2, 0.25) is 0 Å². The Balaban J connectivity index is 1.98. The molecule has 0 saturated heterocycles. The van der Waals surface area contributed by atoms with E-state index in [1.54, 1.807) is 20.3 Å². The molecule has 0 saturated carbocycles. The monoisotopic (exact) mass is 364 g/mol. The molecule has 2 aliphatic rings. The molecule has 2 unspecified atom stereocenters. The molecule has 0 aromatic heterocycles. The molecule has 0 aliphatic carbocycles. The second-order valence-electron chi connectivity index (χ2n) is 7.02. The SMILES string of the molecule is CCCCCCCCCC(=CC1=C(C)C2OC1C(OC)=C2OC)C(=O)O. The molecule has 2 aliphatic heterocycles. The van der Waals surface area contributed by atoms with Crippen molar-refractivity contribution in [2.24, 2.45) is 0 Å². The van der Waals surface area contributed by atoms with Gasteiger partial charge < -0.3 is 19.3 Å². The Morgan fingerprint density at radius 3 is 2.19 bits per heavy atom. The summed E-state index contributed by atoms with van der Waals surface area (Å²) in [6, 6.07) is 0. The van der Waals surface area contributed by atoms with Crippen LogP contribution in [0.2, 0.25) is 0 Å². The van der Waals surface area contributed by atoms with Gasteiger partial charge in [0.15, 0.2) is 11.5 Å². The molecule has 1 N–H and O–H groups in total. The molecule has 0 radical (unpaired) electrons. The molecular formula is C21H32O5. The summed E-state index contributed by atoms with van der Waals surface area (Å²) in [5.41, 5.74) is 2.34. The van der Waals surface area contributed by atoms with Crippen molar-refractivity contribution in [2.75, 3.05) is 14.2 Å². The van der Waals surface area contributed by atoms with Crippen molar-refractivity contribution in [1.29, 1.82) is 0 Å². The van der Waals surface area contributed by atoms with Crippen molar-refractivity contribution in [3.8, 4) is 0 Å². The summed E-state index contributed by atoms with van der Waals surface area (Å²) in [5, 5.41) is 9.58. The van der Waals surface area contributed by atoms with Crippen molar-refractivity contribution in [3.05, 3.63) is 34.3 Å². The van der Waals surface area contributed by atoms with Crippen LogP contribution in [0.1, 0.15) is 65.2 Å². The smallest absolute Gasteiger partial charge is 0.331 e. The van der Waals surface area contributed by atoms with Gasteiger partial charge in [-0.3, -0.25) is 0 Å². The largest absolute Gasteiger partial charge is 0.494 e. The highest BCUT2D eigenvalue weighted by atomic mass is 16.6. The van der Waals surface area contributed by atoms with Crippen LogP contribution in [0.15, 0.2) is 34.3 Å². The maximum absolute atomic E-state index is 11.7. The first-order chi connectivity index (χ1) is 12.5. The first-order valence-corrected chi connectivity index (χ1v) is 9.67. The number of hydrogen-bond donors (Lipinski definition) is 1. The van der Waals surface area contributed by atoms with E-state index in [4.69, 9.17) is 14.2 Å². The van der Waals surface area contributed by atoms with E-state index in [-0.39, 0.29) is 12.2 Å². The van der Waals surface area contributed by atoms with E-state index in [0.717, 1.165) is 24.0 Å². The quantitative estimate of drug-likeness (QED) is 0.400. The fraction of sp³-hybridized carbons (Fsp3) is 0.667. The number of hydrogen-bond acceptors (Lipinski definition) is 4. The van der Waals surface area contributed by atoms with Gasteiger partial charge in [-0.25, -0.2) is 4.79 Å². The lowest BCUT2D eigenvalue weighted by molar-refractivity contribution is -0.132. The van der Waals surface area contributed by atoms with E-state index < -0.39 is 5.97 Å². The highest BCUT2D eigenvalue weighted by molar-refractivity contribution is 5.87. The summed E-state index contributed by atoms with van der Waals surface area (Å²) >= 11 is 0. The summed E-state index contributed by atoms with van der Waals surface area (Å²) in [6.45, 7) is 4.18. The van der Waals surface area contributed by atoms with Gasteiger partial charge in [0.1, 0.15) is 12.2 Å². The fourth-order valence-electron chi connectivity index (χ4n) is 3.70. The normalized spacial score (nSPS) is 22.4. The Hall–Kier alpha value is -1.75. The minimum Gasteiger partial charge on any atom is -0.494 e. The molecule has 0 amide bonds. The van der Waals surface area contributed by atoms with Crippen molar-refractivity contribution >= 4 is 5.97 Å². The zero-order valence-electron chi connectivity index (χ0n) is 16.5. The molecule has 2 rings (SSSR count). The second-order valence-corrected chi connectivity index (χ2v) is 7.02. The number of rotatable bonds is 12. The van der Waals surface area contributed by atoms with E-state index in [2.05, 4.69) is 6.92 Å². The van der Waals surface area contributed by atoms with Crippen LogP contribution in [0.3, 0.4) is 0 Å². The molecule has 2 heterocycles. The molecule has 0 fully saturated rings. The second kappa shape index (κ2) is 9.81. The van der Waals surface area contributed by atoms with Crippen LogP contribution < -0.4 is 0 Å². The summed E-state index contributed by atoms with van der Waals surface area (Å²) in [7, 11) is 3.19. The molecule has 2 atom stereocenters. The average molecular weight is 364 g/mol. The first-order valence-electron chi connectivity index (χ1n) is 9.67. The summed E-state index contributed by atoms with van der Waals surface area (Å²) in [6.07, 6.45) is 9.95. The molecule has 0 aromatic rings. The van der Waals surface area contributed by atoms with Gasteiger partial charge in [-0.1, -0.05) is 45.4 Å². The van der Waals surface area contributed by atoms with E-state index in [9.17, 15) is 9.90 Å².